The maximum absolute atomic E-state index is 11.0. The standard InChI is InChI=1S/C7H7N5O2/c8-2-1-5(13)11-7-4(6(9)14)3-10-12-7/h3H,1H2,(H2,9,14)(H2,10,11,12,13). The van der Waals surface area contributed by atoms with Crippen molar-refractivity contribution in [1.29, 1.82) is 5.26 Å². The first-order chi connectivity index (χ1) is 6.65. The number of amides is 2. The summed E-state index contributed by atoms with van der Waals surface area (Å²) in [5, 5.41) is 16.4. The molecule has 1 aromatic rings. The lowest BCUT2D eigenvalue weighted by molar-refractivity contribution is -0.115. The number of nitrogens with zero attached hydrogens (tertiary/aromatic N) is 2. The van der Waals surface area contributed by atoms with Gasteiger partial charge in [-0.15, -0.1) is 0 Å². The van der Waals surface area contributed by atoms with Crippen LogP contribution in [0.25, 0.3) is 0 Å². The average Bonchev–Trinajstić information content (AvgIpc) is 2.52. The molecule has 0 atom stereocenters. The molecular formula is C7H7N5O2. The van der Waals surface area contributed by atoms with Gasteiger partial charge in [0.05, 0.1) is 12.3 Å². The van der Waals surface area contributed by atoms with Crippen LogP contribution in [0.15, 0.2) is 6.20 Å². The molecule has 1 aromatic heterocycles. The van der Waals surface area contributed by atoms with Crippen molar-refractivity contribution in [3.8, 4) is 6.07 Å². The Balaban J connectivity index is 2.77. The van der Waals surface area contributed by atoms with Crippen molar-refractivity contribution >= 4 is 17.6 Å². The molecule has 72 valence electrons. The zero-order valence-electron chi connectivity index (χ0n) is 7.07. The molecule has 0 aliphatic carbocycles. The number of nitrogens with two attached hydrogens (primary N) is 1. The van der Waals surface area contributed by atoms with Crippen LogP contribution in [-0.2, 0) is 4.79 Å². The number of rotatable bonds is 3. The van der Waals surface area contributed by atoms with E-state index in [2.05, 4.69) is 15.5 Å². The monoisotopic (exact) mass is 193 g/mol. The largest absolute Gasteiger partial charge is 0.365 e. The second-order valence-corrected chi connectivity index (χ2v) is 2.41. The molecule has 0 aromatic carbocycles. The fourth-order valence-corrected chi connectivity index (χ4v) is 0.824. The number of H-pyrrole nitrogens is 1. The van der Waals surface area contributed by atoms with Gasteiger partial charge in [-0.1, -0.05) is 0 Å². The van der Waals surface area contributed by atoms with Crippen molar-refractivity contribution in [2.24, 2.45) is 5.73 Å². The van der Waals surface area contributed by atoms with Gasteiger partial charge in [-0.2, -0.15) is 10.4 Å². The molecule has 0 aliphatic heterocycles. The van der Waals surface area contributed by atoms with Crippen LogP contribution in [0.4, 0.5) is 5.82 Å². The summed E-state index contributed by atoms with van der Waals surface area (Å²) in [6.45, 7) is 0. The van der Waals surface area contributed by atoms with Gasteiger partial charge in [0.15, 0.2) is 0 Å². The maximum atomic E-state index is 11.0. The Hall–Kier alpha value is -2.36. The first kappa shape index (κ1) is 9.73. The van der Waals surface area contributed by atoms with Crippen molar-refractivity contribution in [1.82, 2.24) is 10.2 Å². The molecular weight excluding hydrogens is 186 g/mol. The fraction of sp³-hybridized carbons (Fsp3) is 0.143. The van der Waals surface area contributed by atoms with Crippen LogP contribution in [0.2, 0.25) is 0 Å². The first-order valence-corrected chi connectivity index (χ1v) is 3.65. The number of primary amides is 1. The van der Waals surface area contributed by atoms with Crippen LogP contribution in [0, 0.1) is 11.3 Å². The highest BCUT2D eigenvalue weighted by Crippen LogP contribution is 2.09. The molecule has 0 spiro atoms. The molecule has 0 fully saturated rings. The van der Waals surface area contributed by atoms with E-state index in [-0.39, 0.29) is 17.8 Å². The lowest BCUT2D eigenvalue weighted by atomic mass is 10.3. The second kappa shape index (κ2) is 4.04. The normalized spacial score (nSPS) is 9.07. The van der Waals surface area contributed by atoms with Crippen molar-refractivity contribution in [2.75, 3.05) is 5.32 Å². The highest BCUT2D eigenvalue weighted by molar-refractivity contribution is 6.01. The Kier molecular flexibility index (Phi) is 2.81. The first-order valence-electron chi connectivity index (χ1n) is 3.65. The van der Waals surface area contributed by atoms with Gasteiger partial charge in [-0.25, -0.2) is 0 Å². The number of aromatic amines is 1. The second-order valence-electron chi connectivity index (χ2n) is 2.41. The van der Waals surface area contributed by atoms with Crippen molar-refractivity contribution < 1.29 is 9.59 Å². The minimum Gasteiger partial charge on any atom is -0.365 e. The van der Waals surface area contributed by atoms with Crippen molar-refractivity contribution in [3.05, 3.63) is 11.8 Å². The molecule has 0 bridgehead atoms. The molecule has 0 radical (unpaired) electrons. The number of hydrogen-bond donors (Lipinski definition) is 3. The van der Waals surface area contributed by atoms with Crippen LogP contribution >= 0.6 is 0 Å². The van der Waals surface area contributed by atoms with Gasteiger partial charge in [0.1, 0.15) is 17.8 Å². The van der Waals surface area contributed by atoms with Gasteiger partial charge in [0.2, 0.25) is 5.91 Å². The Morgan fingerprint density at radius 2 is 2.43 bits per heavy atom. The van der Waals surface area contributed by atoms with Crippen LogP contribution in [0.3, 0.4) is 0 Å². The van der Waals surface area contributed by atoms with E-state index in [1.165, 1.54) is 6.20 Å². The van der Waals surface area contributed by atoms with Gasteiger partial charge in [0.25, 0.3) is 5.91 Å². The quantitative estimate of drug-likeness (QED) is 0.590. The van der Waals surface area contributed by atoms with Crippen LogP contribution in [0.5, 0.6) is 0 Å². The van der Waals surface area contributed by atoms with E-state index in [1.54, 1.807) is 6.07 Å². The van der Waals surface area contributed by atoms with E-state index < -0.39 is 11.8 Å². The predicted molar refractivity (Wildman–Crippen MR) is 46.0 cm³/mol. The third-order valence-electron chi connectivity index (χ3n) is 1.41. The molecule has 7 heteroatoms. The van der Waals surface area contributed by atoms with Crippen LogP contribution in [0.1, 0.15) is 16.8 Å². The van der Waals surface area contributed by atoms with E-state index in [9.17, 15) is 9.59 Å². The van der Waals surface area contributed by atoms with Crippen LogP contribution < -0.4 is 11.1 Å². The summed E-state index contributed by atoms with van der Waals surface area (Å²) in [7, 11) is 0. The predicted octanol–water partition coefficient (Wildman–Crippen LogP) is -0.639. The molecule has 7 nitrogen and oxygen atoms in total. The highest BCUT2D eigenvalue weighted by atomic mass is 16.2. The van der Waals surface area contributed by atoms with Crippen molar-refractivity contribution in [2.45, 2.75) is 6.42 Å². The zero-order chi connectivity index (χ0) is 10.6. The topological polar surface area (TPSA) is 125 Å². The maximum Gasteiger partial charge on any atom is 0.254 e. The minimum absolute atomic E-state index is 0.0799. The molecule has 2 amide bonds. The Labute approximate surface area is 78.9 Å². The zero-order valence-corrected chi connectivity index (χ0v) is 7.07. The third kappa shape index (κ3) is 2.07. The number of aromatic nitrogens is 2. The molecule has 0 saturated carbocycles. The molecule has 0 aliphatic rings. The third-order valence-corrected chi connectivity index (χ3v) is 1.41. The van der Waals surface area contributed by atoms with Gasteiger partial charge in [-0.3, -0.25) is 14.7 Å². The number of carbonyl (C=O) groups is 2. The SMILES string of the molecule is N#CCC(=O)Nc1[nH]ncc1C(N)=O. The summed E-state index contributed by atoms with van der Waals surface area (Å²) in [6, 6.07) is 1.67. The average molecular weight is 193 g/mol. The molecule has 4 N–H and O–H groups in total. The van der Waals surface area contributed by atoms with Gasteiger partial charge in [-0.05, 0) is 0 Å². The van der Waals surface area contributed by atoms with Crippen molar-refractivity contribution in [3.63, 3.8) is 0 Å². The highest BCUT2D eigenvalue weighted by Gasteiger charge is 2.12. The Bertz CT molecular complexity index is 402. The van der Waals surface area contributed by atoms with E-state index >= 15 is 0 Å². The lowest BCUT2D eigenvalue weighted by Gasteiger charge is -1.99. The Morgan fingerprint density at radius 1 is 1.71 bits per heavy atom. The van der Waals surface area contributed by atoms with E-state index in [0.29, 0.717) is 0 Å². The molecule has 0 saturated heterocycles. The summed E-state index contributed by atoms with van der Waals surface area (Å²) in [5.41, 5.74) is 5.07. The molecule has 1 rings (SSSR count). The summed E-state index contributed by atoms with van der Waals surface area (Å²) in [4.78, 5) is 21.7. The summed E-state index contributed by atoms with van der Waals surface area (Å²) in [5.74, 6) is -1.12. The van der Waals surface area contributed by atoms with E-state index in [1.807, 2.05) is 0 Å². The van der Waals surface area contributed by atoms with Gasteiger partial charge in [0, 0.05) is 0 Å². The molecule has 1 heterocycles. The van der Waals surface area contributed by atoms with Gasteiger partial charge >= 0.3 is 0 Å². The lowest BCUT2D eigenvalue weighted by Crippen LogP contribution is -2.16. The smallest absolute Gasteiger partial charge is 0.254 e. The fourth-order valence-electron chi connectivity index (χ4n) is 0.824. The number of nitriles is 1. The molecule has 0 unspecified atom stereocenters. The number of nitrogens with one attached hydrogen (secondary N) is 2. The van der Waals surface area contributed by atoms with Crippen LogP contribution in [-0.4, -0.2) is 22.0 Å². The minimum atomic E-state index is -0.703. The number of carbonyl (C=O) groups excluding carboxylic acids is 2. The van der Waals surface area contributed by atoms with E-state index in [4.69, 9.17) is 11.0 Å². The van der Waals surface area contributed by atoms with E-state index in [0.717, 1.165) is 0 Å². The Morgan fingerprint density at radius 3 is 3.00 bits per heavy atom. The number of anilines is 1. The summed E-state index contributed by atoms with van der Waals surface area (Å²) >= 11 is 0. The summed E-state index contributed by atoms with van der Waals surface area (Å²) < 4.78 is 0. The number of hydrogen-bond acceptors (Lipinski definition) is 4. The summed E-state index contributed by atoms with van der Waals surface area (Å²) in [6.07, 6.45) is 0.904. The molecule has 14 heavy (non-hydrogen) atoms. The van der Waals surface area contributed by atoms with Gasteiger partial charge < -0.3 is 11.1 Å².